The fraction of sp³-hybridized carbons (Fsp3) is 0.0385. The zero-order valence-electron chi connectivity index (χ0n) is 18.7. The van der Waals surface area contributed by atoms with Crippen molar-refractivity contribution in [3.8, 4) is 17.2 Å². The SMILES string of the molecule is O=C(Nc1ccc(Oc2ccnc3[nH]ccc23)cc1C(F)(F)F)c1cccn(-c2ccc(F)cc2)c1=O. The van der Waals surface area contributed by atoms with Crippen molar-refractivity contribution in [2.24, 2.45) is 0 Å². The molecule has 0 saturated carbocycles. The summed E-state index contributed by atoms with van der Waals surface area (Å²) in [6.45, 7) is 0. The van der Waals surface area contributed by atoms with Gasteiger partial charge in [0.05, 0.1) is 16.6 Å². The molecule has 0 fully saturated rings. The number of ether oxygens (including phenoxy) is 1. The molecule has 0 atom stereocenters. The summed E-state index contributed by atoms with van der Waals surface area (Å²) in [5, 5.41) is 2.75. The number of aromatic amines is 1. The van der Waals surface area contributed by atoms with Gasteiger partial charge in [-0.3, -0.25) is 14.2 Å². The van der Waals surface area contributed by atoms with E-state index >= 15 is 0 Å². The average molecular weight is 508 g/mol. The average Bonchev–Trinajstić information content (AvgIpc) is 3.35. The second kappa shape index (κ2) is 9.26. The molecular formula is C26H16F4N4O3. The van der Waals surface area contributed by atoms with Gasteiger partial charge in [-0.15, -0.1) is 0 Å². The first kappa shape index (κ1) is 23.8. The second-order valence-corrected chi connectivity index (χ2v) is 7.88. The minimum absolute atomic E-state index is 0.114. The van der Waals surface area contributed by atoms with E-state index in [0.29, 0.717) is 16.8 Å². The number of benzene rings is 2. The van der Waals surface area contributed by atoms with Crippen LogP contribution in [0.25, 0.3) is 16.7 Å². The van der Waals surface area contributed by atoms with Crippen molar-refractivity contribution in [3.05, 3.63) is 113 Å². The van der Waals surface area contributed by atoms with Gasteiger partial charge in [-0.1, -0.05) is 0 Å². The number of nitrogens with one attached hydrogen (secondary N) is 2. The number of rotatable bonds is 5. The van der Waals surface area contributed by atoms with Crippen LogP contribution in [0.3, 0.4) is 0 Å². The summed E-state index contributed by atoms with van der Waals surface area (Å²) < 4.78 is 61.7. The van der Waals surface area contributed by atoms with E-state index < -0.39 is 40.3 Å². The molecule has 1 amide bonds. The van der Waals surface area contributed by atoms with E-state index in [-0.39, 0.29) is 11.4 Å². The summed E-state index contributed by atoms with van der Waals surface area (Å²) in [5.41, 5.74) is -2.10. The van der Waals surface area contributed by atoms with Gasteiger partial charge in [-0.25, -0.2) is 9.37 Å². The first-order chi connectivity index (χ1) is 17.7. The number of anilines is 1. The maximum Gasteiger partial charge on any atom is 0.418 e. The number of fused-ring (bicyclic) bond motifs is 1. The fourth-order valence-electron chi connectivity index (χ4n) is 3.74. The lowest BCUT2D eigenvalue weighted by Crippen LogP contribution is -2.28. The molecule has 0 radical (unpaired) electrons. The van der Waals surface area contributed by atoms with Crippen LogP contribution in [0.2, 0.25) is 0 Å². The molecule has 3 aromatic heterocycles. The number of halogens is 4. The highest BCUT2D eigenvalue weighted by molar-refractivity contribution is 6.04. The molecule has 0 aliphatic carbocycles. The van der Waals surface area contributed by atoms with Gasteiger partial charge in [-0.05, 0) is 66.7 Å². The van der Waals surface area contributed by atoms with E-state index in [4.69, 9.17) is 4.74 Å². The molecule has 186 valence electrons. The van der Waals surface area contributed by atoms with Gasteiger partial charge in [0.25, 0.3) is 11.5 Å². The van der Waals surface area contributed by atoms with Crippen molar-refractivity contribution in [1.29, 1.82) is 0 Å². The van der Waals surface area contributed by atoms with Crippen molar-refractivity contribution >= 4 is 22.6 Å². The number of alkyl halides is 3. The van der Waals surface area contributed by atoms with Gasteiger partial charge >= 0.3 is 6.18 Å². The highest BCUT2D eigenvalue weighted by atomic mass is 19.4. The zero-order valence-corrected chi connectivity index (χ0v) is 18.7. The third-order valence-electron chi connectivity index (χ3n) is 5.49. The number of amides is 1. The second-order valence-electron chi connectivity index (χ2n) is 7.88. The number of aromatic nitrogens is 3. The van der Waals surface area contributed by atoms with E-state index in [2.05, 4.69) is 15.3 Å². The van der Waals surface area contributed by atoms with E-state index in [9.17, 15) is 27.2 Å². The topological polar surface area (TPSA) is 89.0 Å². The monoisotopic (exact) mass is 508 g/mol. The fourth-order valence-corrected chi connectivity index (χ4v) is 3.74. The summed E-state index contributed by atoms with van der Waals surface area (Å²) in [6, 6.07) is 13.8. The van der Waals surface area contributed by atoms with Crippen LogP contribution in [0.4, 0.5) is 23.2 Å². The lowest BCUT2D eigenvalue weighted by atomic mass is 10.1. The molecular weight excluding hydrogens is 492 g/mol. The van der Waals surface area contributed by atoms with Crippen LogP contribution in [0.1, 0.15) is 15.9 Å². The molecule has 5 aromatic rings. The first-order valence-electron chi connectivity index (χ1n) is 10.8. The van der Waals surface area contributed by atoms with Gasteiger partial charge in [0, 0.05) is 24.3 Å². The third-order valence-corrected chi connectivity index (χ3v) is 5.49. The van der Waals surface area contributed by atoms with Crippen molar-refractivity contribution < 1.29 is 27.1 Å². The molecule has 0 aliphatic rings. The smallest absolute Gasteiger partial charge is 0.418 e. The van der Waals surface area contributed by atoms with E-state index in [1.54, 1.807) is 12.3 Å². The van der Waals surface area contributed by atoms with Crippen LogP contribution < -0.4 is 15.6 Å². The lowest BCUT2D eigenvalue weighted by Gasteiger charge is -2.16. The number of pyridine rings is 2. The Morgan fingerprint density at radius 1 is 1.03 bits per heavy atom. The Kier molecular flexibility index (Phi) is 5.96. The van der Waals surface area contributed by atoms with Crippen LogP contribution in [0.5, 0.6) is 11.5 Å². The molecule has 11 heteroatoms. The van der Waals surface area contributed by atoms with Crippen LogP contribution in [0.15, 0.2) is 90.1 Å². The van der Waals surface area contributed by atoms with Gasteiger partial charge in [0.15, 0.2) is 0 Å². The standard InChI is InChI=1S/C26H16F4N4O3/c27-15-3-5-16(6-4-15)34-13-1-2-19(25(34)36)24(35)33-21-8-7-17(14-20(21)26(28,29)30)37-22-10-12-32-23-18(22)9-11-31-23/h1-14H,(H,31,32)(H,33,35). The highest BCUT2D eigenvalue weighted by Crippen LogP contribution is 2.39. The molecule has 2 N–H and O–H groups in total. The Hall–Kier alpha value is -4.93. The van der Waals surface area contributed by atoms with Crippen LogP contribution in [-0.2, 0) is 6.18 Å². The summed E-state index contributed by atoms with van der Waals surface area (Å²) >= 11 is 0. The predicted molar refractivity (Wildman–Crippen MR) is 128 cm³/mol. The number of hydrogen-bond acceptors (Lipinski definition) is 4. The van der Waals surface area contributed by atoms with Crippen molar-refractivity contribution in [1.82, 2.24) is 14.5 Å². The summed E-state index contributed by atoms with van der Waals surface area (Å²) in [7, 11) is 0. The minimum Gasteiger partial charge on any atom is -0.457 e. The number of nitrogens with zero attached hydrogens (tertiary/aromatic N) is 2. The molecule has 0 spiro atoms. The Morgan fingerprint density at radius 3 is 2.57 bits per heavy atom. The normalized spacial score (nSPS) is 11.5. The first-order valence-corrected chi connectivity index (χ1v) is 10.8. The summed E-state index contributed by atoms with van der Waals surface area (Å²) in [4.78, 5) is 32.7. The number of H-pyrrole nitrogens is 1. The molecule has 7 nitrogen and oxygen atoms in total. The van der Waals surface area contributed by atoms with E-state index in [1.807, 2.05) is 0 Å². The minimum atomic E-state index is -4.84. The maximum absolute atomic E-state index is 13.9. The Labute approximate surface area is 206 Å². The number of carbonyl (C=O) groups is 1. The molecule has 37 heavy (non-hydrogen) atoms. The summed E-state index contributed by atoms with van der Waals surface area (Å²) in [6.07, 6.45) is -0.404. The molecule has 5 rings (SSSR count). The zero-order chi connectivity index (χ0) is 26.2. The highest BCUT2D eigenvalue weighted by Gasteiger charge is 2.35. The van der Waals surface area contributed by atoms with Crippen molar-refractivity contribution in [2.45, 2.75) is 6.18 Å². The Morgan fingerprint density at radius 2 is 1.81 bits per heavy atom. The number of hydrogen-bond donors (Lipinski definition) is 2. The van der Waals surface area contributed by atoms with Crippen molar-refractivity contribution in [3.63, 3.8) is 0 Å². The predicted octanol–water partition coefficient (Wildman–Crippen LogP) is 5.92. The quantitative estimate of drug-likeness (QED) is 0.289. The lowest BCUT2D eigenvalue weighted by molar-refractivity contribution is -0.137. The van der Waals surface area contributed by atoms with E-state index in [1.165, 1.54) is 48.8 Å². The van der Waals surface area contributed by atoms with Gasteiger partial charge in [0.2, 0.25) is 0 Å². The maximum atomic E-state index is 13.9. The largest absolute Gasteiger partial charge is 0.457 e. The van der Waals surface area contributed by atoms with Crippen LogP contribution in [-0.4, -0.2) is 20.4 Å². The van der Waals surface area contributed by atoms with Crippen LogP contribution in [0, 0.1) is 5.82 Å². The molecule has 0 saturated heterocycles. The molecule has 0 bridgehead atoms. The van der Waals surface area contributed by atoms with Gasteiger partial charge in [-0.2, -0.15) is 13.2 Å². The molecule has 0 aliphatic heterocycles. The van der Waals surface area contributed by atoms with Crippen LogP contribution >= 0.6 is 0 Å². The number of carbonyl (C=O) groups excluding carboxylic acids is 1. The summed E-state index contributed by atoms with van der Waals surface area (Å²) in [5.74, 6) is -1.37. The molecule has 0 unspecified atom stereocenters. The Bertz CT molecular complexity index is 1670. The van der Waals surface area contributed by atoms with E-state index in [0.717, 1.165) is 28.8 Å². The van der Waals surface area contributed by atoms with Crippen molar-refractivity contribution in [2.75, 3.05) is 5.32 Å². The van der Waals surface area contributed by atoms with Gasteiger partial charge in [0.1, 0.15) is 28.5 Å². The third kappa shape index (κ3) is 4.79. The molecule has 3 heterocycles. The molecule has 2 aromatic carbocycles. The van der Waals surface area contributed by atoms with Gasteiger partial charge < -0.3 is 15.0 Å². The Balaban J connectivity index is 1.46.